The van der Waals surface area contributed by atoms with Gasteiger partial charge in [0.15, 0.2) is 0 Å². The third-order valence-electron chi connectivity index (χ3n) is 3.95. The van der Waals surface area contributed by atoms with E-state index in [1.807, 2.05) is 24.3 Å². The van der Waals surface area contributed by atoms with Crippen molar-refractivity contribution in [3.05, 3.63) is 63.8 Å². The summed E-state index contributed by atoms with van der Waals surface area (Å²) in [4.78, 5) is 26.0. The maximum Gasteiger partial charge on any atom is 0.329 e. The first kappa shape index (κ1) is 18.0. The lowest BCUT2D eigenvalue weighted by Crippen LogP contribution is -2.30. The van der Waals surface area contributed by atoms with E-state index in [9.17, 15) is 9.59 Å². The van der Waals surface area contributed by atoms with Crippen LogP contribution in [0.1, 0.15) is 11.1 Å². The van der Waals surface area contributed by atoms with Gasteiger partial charge in [0.25, 0.3) is 5.91 Å². The van der Waals surface area contributed by atoms with Gasteiger partial charge in [0, 0.05) is 10.0 Å². The van der Waals surface area contributed by atoms with Crippen molar-refractivity contribution in [3.8, 4) is 11.5 Å². The maximum absolute atomic E-state index is 12.6. The van der Waals surface area contributed by atoms with Crippen molar-refractivity contribution < 1.29 is 19.1 Å². The van der Waals surface area contributed by atoms with Gasteiger partial charge >= 0.3 is 6.03 Å². The smallest absolute Gasteiger partial charge is 0.329 e. The molecule has 26 heavy (non-hydrogen) atoms. The summed E-state index contributed by atoms with van der Waals surface area (Å²) in [5.74, 6) is 0.815. The highest BCUT2D eigenvalue weighted by Gasteiger charge is 2.33. The number of hydrogen-bond donors (Lipinski definition) is 1. The summed E-state index contributed by atoms with van der Waals surface area (Å²) >= 11 is 3.36. The minimum absolute atomic E-state index is 0.193. The molecule has 1 aliphatic heterocycles. The monoisotopic (exact) mass is 416 g/mol. The van der Waals surface area contributed by atoms with E-state index in [1.165, 1.54) is 4.90 Å². The van der Waals surface area contributed by atoms with Gasteiger partial charge in [-0.1, -0.05) is 28.1 Å². The Balaban J connectivity index is 1.86. The van der Waals surface area contributed by atoms with Gasteiger partial charge in [-0.15, -0.1) is 0 Å². The second-order valence-electron chi connectivity index (χ2n) is 5.61. The van der Waals surface area contributed by atoms with Gasteiger partial charge in [0.1, 0.15) is 17.2 Å². The largest absolute Gasteiger partial charge is 0.497 e. The Morgan fingerprint density at radius 2 is 1.81 bits per heavy atom. The number of carbonyl (C=O) groups excluding carboxylic acids is 2. The highest BCUT2D eigenvalue weighted by molar-refractivity contribution is 9.10. The third-order valence-corrected chi connectivity index (χ3v) is 4.48. The molecular formula is C19H17BrN2O4. The van der Waals surface area contributed by atoms with Gasteiger partial charge in [-0.2, -0.15) is 0 Å². The van der Waals surface area contributed by atoms with E-state index < -0.39 is 6.03 Å². The SMILES string of the molecule is COc1ccc(OC)c(C=C2NC(=O)N(Cc3ccc(Br)cc3)C2=O)c1. The van der Waals surface area contributed by atoms with Crippen molar-refractivity contribution in [1.82, 2.24) is 10.2 Å². The van der Waals surface area contributed by atoms with Gasteiger partial charge < -0.3 is 14.8 Å². The molecule has 0 aromatic heterocycles. The number of amides is 3. The number of urea groups is 1. The van der Waals surface area contributed by atoms with E-state index in [0.717, 1.165) is 10.0 Å². The molecule has 2 aromatic rings. The molecule has 1 saturated heterocycles. The molecule has 3 rings (SSSR count). The van der Waals surface area contributed by atoms with Crippen molar-refractivity contribution in [2.45, 2.75) is 6.54 Å². The fourth-order valence-corrected chi connectivity index (χ4v) is 2.86. The summed E-state index contributed by atoms with van der Waals surface area (Å²) in [6.45, 7) is 0.199. The van der Waals surface area contributed by atoms with Crippen LogP contribution in [0.4, 0.5) is 4.79 Å². The van der Waals surface area contributed by atoms with Crippen molar-refractivity contribution in [3.63, 3.8) is 0 Å². The molecule has 0 bridgehead atoms. The number of nitrogens with zero attached hydrogens (tertiary/aromatic N) is 1. The zero-order valence-electron chi connectivity index (χ0n) is 14.3. The summed E-state index contributed by atoms with van der Waals surface area (Å²) in [6.07, 6.45) is 1.59. The first-order valence-electron chi connectivity index (χ1n) is 7.83. The molecule has 1 N–H and O–H groups in total. The summed E-state index contributed by atoms with van der Waals surface area (Å²) in [7, 11) is 3.10. The molecule has 1 aliphatic rings. The number of rotatable bonds is 5. The number of hydrogen-bond acceptors (Lipinski definition) is 4. The van der Waals surface area contributed by atoms with E-state index in [-0.39, 0.29) is 18.1 Å². The molecule has 1 fully saturated rings. The fraction of sp³-hybridized carbons (Fsp3) is 0.158. The summed E-state index contributed by atoms with van der Waals surface area (Å²) in [6, 6.07) is 12.2. The van der Waals surface area contributed by atoms with Gasteiger partial charge in [-0.3, -0.25) is 9.69 Å². The predicted molar refractivity (Wildman–Crippen MR) is 101 cm³/mol. The van der Waals surface area contributed by atoms with Crippen LogP contribution < -0.4 is 14.8 Å². The van der Waals surface area contributed by atoms with Crippen LogP contribution in [-0.4, -0.2) is 31.1 Å². The van der Waals surface area contributed by atoms with Gasteiger partial charge in [0.05, 0.1) is 20.8 Å². The number of carbonyl (C=O) groups is 2. The van der Waals surface area contributed by atoms with Gasteiger partial charge in [-0.05, 0) is 42.0 Å². The summed E-state index contributed by atoms with van der Waals surface area (Å²) < 4.78 is 11.4. The molecule has 0 spiro atoms. The van der Waals surface area contributed by atoms with Crippen LogP contribution in [0.15, 0.2) is 52.6 Å². The number of ether oxygens (including phenoxy) is 2. The molecule has 0 unspecified atom stereocenters. The van der Waals surface area contributed by atoms with Crippen LogP contribution >= 0.6 is 15.9 Å². The quantitative estimate of drug-likeness (QED) is 0.597. The molecule has 2 aromatic carbocycles. The molecule has 0 radical (unpaired) electrons. The first-order valence-corrected chi connectivity index (χ1v) is 8.62. The highest BCUT2D eigenvalue weighted by Crippen LogP contribution is 2.27. The van der Waals surface area contributed by atoms with E-state index in [1.54, 1.807) is 38.5 Å². The van der Waals surface area contributed by atoms with Gasteiger partial charge in [0.2, 0.25) is 0 Å². The molecule has 0 saturated carbocycles. The molecule has 1 heterocycles. The van der Waals surface area contributed by atoms with Crippen LogP contribution in [0.5, 0.6) is 11.5 Å². The Kier molecular flexibility index (Phi) is 5.27. The Labute approximate surface area is 159 Å². The van der Waals surface area contributed by atoms with Crippen LogP contribution in [0.2, 0.25) is 0 Å². The molecule has 0 atom stereocenters. The molecular weight excluding hydrogens is 400 g/mol. The minimum Gasteiger partial charge on any atom is -0.497 e. The van der Waals surface area contributed by atoms with E-state index in [4.69, 9.17) is 9.47 Å². The lowest BCUT2D eigenvalue weighted by molar-refractivity contribution is -0.123. The number of benzene rings is 2. The van der Waals surface area contributed by atoms with Crippen molar-refractivity contribution in [1.29, 1.82) is 0 Å². The summed E-state index contributed by atoms with van der Waals surface area (Å²) in [5, 5.41) is 2.62. The van der Waals surface area contributed by atoms with Crippen LogP contribution in [0.3, 0.4) is 0 Å². The Morgan fingerprint density at radius 1 is 1.08 bits per heavy atom. The van der Waals surface area contributed by atoms with E-state index in [0.29, 0.717) is 17.1 Å². The number of halogens is 1. The standard InChI is InChI=1S/C19H17BrN2O4/c1-25-15-7-8-17(26-2)13(9-15)10-16-18(23)22(19(24)21-16)11-12-3-5-14(20)6-4-12/h3-10H,11H2,1-2H3,(H,21,24). The normalized spacial score (nSPS) is 15.3. The van der Waals surface area contributed by atoms with E-state index >= 15 is 0 Å². The Hall–Kier alpha value is -2.80. The van der Waals surface area contributed by atoms with Crippen molar-refractivity contribution in [2.24, 2.45) is 0 Å². The zero-order valence-corrected chi connectivity index (χ0v) is 15.9. The number of methoxy groups -OCH3 is 2. The van der Waals surface area contributed by atoms with Crippen LogP contribution in [-0.2, 0) is 11.3 Å². The second-order valence-corrected chi connectivity index (χ2v) is 6.53. The molecule has 3 amide bonds. The molecule has 134 valence electrons. The van der Waals surface area contributed by atoms with Crippen LogP contribution in [0, 0.1) is 0 Å². The number of nitrogens with one attached hydrogen (secondary N) is 1. The maximum atomic E-state index is 12.6. The minimum atomic E-state index is -0.453. The predicted octanol–water partition coefficient (Wildman–Crippen LogP) is 3.56. The summed E-state index contributed by atoms with van der Waals surface area (Å²) in [5.41, 5.74) is 1.69. The molecule has 0 aliphatic carbocycles. The van der Waals surface area contributed by atoms with Crippen molar-refractivity contribution in [2.75, 3.05) is 14.2 Å². The average molecular weight is 417 g/mol. The van der Waals surface area contributed by atoms with E-state index in [2.05, 4.69) is 21.2 Å². The first-order chi connectivity index (χ1) is 12.5. The second kappa shape index (κ2) is 7.61. The fourth-order valence-electron chi connectivity index (χ4n) is 2.60. The third kappa shape index (κ3) is 3.72. The average Bonchev–Trinajstić information content (AvgIpc) is 2.90. The van der Waals surface area contributed by atoms with Gasteiger partial charge in [-0.25, -0.2) is 4.79 Å². The lowest BCUT2D eigenvalue weighted by atomic mass is 10.1. The Morgan fingerprint density at radius 3 is 2.46 bits per heavy atom. The Bertz CT molecular complexity index is 878. The van der Waals surface area contributed by atoms with Crippen molar-refractivity contribution >= 4 is 33.9 Å². The zero-order chi connectivity index (χ0) is 18.7. The topological polar surface area (TPSA) is 67.9 Å². The van der Waals surface area contributed by atoms with Crippen LogP contribution in [0.25, 0.3) is 6.08 Å². The lowest BCUT2D eigenvalue weighted by Gasteiger charge is -2.11. The highest BCUT2D eigenvalue weighted by atomic mass is 79.9. The molecule has 6 nitrogen and oxygen atoms in total. The number of imide groups is 1. The molecule has 7 heteroatoms.